The minimum Gasteiger partial charge on any atom is -0.394 e. The quantitative estimate of drug-likeness (QED) is 0.482. The van der Waals surface area contributed by atoms with Gasteiger partial charge in [0.15, 0.2) is 5.82 Å². The van der Waals surface area contributed by atoms with Crippen molar-refractivity contribution in [1.82, 2.24) is 4.72 Å². The summed E-state index contributed by atoms with van der Waals surface area (Å²) in [5, 5.41) is 0. The van der Waals surface area contributed by atoms with E-state index >= 15 is 0 Å². The molecule has 1 rings (SSSR count). The Morgan fingerprint density at radius 1 is 1.39 bits per heavy atom. The van der Waals surface area contributed by atoms with Gasteiger partial charge in [0.25, 0.3) is 0 Å². The maximum atomic E-state index is 13.5. The molecule has 1 aromatic rings. The zero-order valence-corrected chi connectivity index (χ0v) is 10.2. The predicted molar refractivity (Wildman–Crippen MR) is 64.0 cm³/mol. The number of sulfonamides is 1. The number of anilines is 1. The van der Waals surface area contributed by atoms with Gasteiger partial charge in [0, 0.05) is 13.0 Å². The van der Waals surface area contributed by atoms with E-state index in [0.29, 0.717) is 12.8 Å². The molecule has 0 radical (unpaired) electrons. The lowest BCUT2D eigenvalue weighted by atomic mass is 10.3. The largest absolute Gasteiger partial charge is 0.394 e. The van der Waals surface area contributed by atoms with Crippen molar-refractivity contribution < 1.29 is 17.2 Å². The van der Waals surface area contributed by atoms with E-state index in [1.165, 1.54) is 0 Å². The molecule has 0 aliphatic rings. The Morgan fingerprint density at radius 2 is 2.06 bits per heavy atom. The molecule has 0 saturated carbocycles. The van der Waals surface area contributed by atoms with Crippen LogP contribution < -0.4 is 10.5 Å². The van der Waals surface area contributed by atoms with Crippen molar-refractivity contribution >= 4 is 15.7 Å². The second kappa shape index (κ2) is 5.80. The van der Waals surface area contributed by atoms with Gasteiger partial charge in [-0.15, -0.1) is 12.3 Å². The number of nitrogen functional groups attached to an aromatic ring is 1. The van der Waals surface area contributed by atoms with Crippen LogP contribution in [0.25, 0.3) is 0 Å². The van der Waals surface area contributed by atoms with E-state index < -0.39 is 32.2 Å². The number of hydrogen-bond donors (Lipinski definition) is 2. The molecule has 7 heteroatoms. The van der Waals surface area contributed by atoms with E-state index in [0.717, 1.165) is 12.1 Å². The number of hydrogen-bond acceptors (Lipinski definition) is 3. The minimum atomic E-state index is -4.05. The molecule has 0 amide bonds. The van der Waals surface area contributed by atoms with Gasteiger partial charge in [0.1, 0.15) is 16.4 Å². The van der Waals surface area contributed by atoms with Gasteiger partial charge in [-0.1, -0.05) is 0 Å². The molecule has 0 aliphatic heterocycles. The highest BCUT2D eigenvalue weighted by Gasteiger charge is 2.21. The number of rotatable bonds is 5. The molecule has 0 unspecified atom stereocenters. The summed E-state index contributed by atoms with van der Waals surface area (Å²) in [6.07, 6.45) is 5.83. The fourth-order valence-electron chi connectivity index (χ4n) is 1.23. The first kappa shape index (κ1) is 14.4. The van der Waals surface area contributed by atoms with E-state index in [1.54, 1.807) is 0 Å². The van der Waals surface area contributed by atoms with Crippen molar-refractivity contribution in [2.75, 3.05) is 12.3 Å². The Balaban J connectivity index is 2.93. The highest BCUT2D eigenvalue weighted by molar-refractivity contribution is 7.89. The highest BCUT2D eigenvalue weighted by atomic mass is 32.2. The molecule has 0 atom stereocenters. The third-order valence-electron chi connectivity index (χ3n) is 2.17. The first-order valence-corrected chi connectivity index (χ1v) is 6.55. The molecule has 3 N–H and O–H groups in total. The zero-order chi connectivity index (χ0) is 13.8. The molecule has 0 bridgehead atoms. The Morgan fingerprint density at radius 3 is 2.67 bits per heavy atom. The van der Waals surface area contributed by atoms with Crippen LogP contribution in [0.1, 0.15) is 12.8 Å². The summed E-state index contributed by atoms with van der Waals surface area (Å²) in [6, 6.07) is 1.62. The SMILES string of the molecule is C#CCCCNS(=O)(=O)c1ccc(F)c(N)c1F. The van der Waals surface area contributed by atoms with E-state index in [2.05, 4.69) is 10.6 Å². The van der Waals surface area contributed by atoms with Crippen LogP contribution in [0.15, 0.2) is 17.0 Å². The summed E-state index contributed by atoms with van der Waals surface area (Å²) in [5.41, 5.74) is 4.27. The van der Waals surface area contributed by atoms with Crippen LogP contribution in [0.5, 0.6) is 0 Å². The molecule has 0 fully saturated rings. The predicted octanol–water partition coefficient (Wildman–Crippen LogP) is 1.24. The van der Waals surface area contributed by atoms with Gasteiger partial charge in [0.2, 0.25) is 10.0 Å². The van der Waals surface area contributed by atoms with Crippen molar-refractivity contribution in [1.29, 1.82) is 0 Å². The van der Waals surface area contributed by atoms with E-state index in [9.17, 15) is 17.2 Å². The van der Waals surface area contributed by atoms with Crippen LogP contribution in [0.2, 0.25) is 0 Å². The lowest BCUT2D eigenvalue weighted by molar-refractivity contribution is 0.547. The molecular formula is C11H12F2N2O2S. The highest BCUT2D eigenvalue weighted by Crippen LogP contribution is 2.22. The fraction of sp³-hybridized carbons (Fsp3) is 0.273. The second-order valence-corrected chi connectivity index (χ2v) is 5.21. The molecule has 0 spiro atoms. The maximum absolute atomic E-state index is 13.5. The van der Waals surface area contributed by atoms with Crippen LogP contribution in [0, 0.1) is 24.0 Å². The van der Waals surface area contributed by atoms with E-state index in [1.807, 2.05) is 0 Å². The maximum Gasteiger partial charge on any atom is 0.243 e. The van der Waals surface area contributed by atoms with Crippen LogP contribution in [-0.2, 0) is 10.0 Å². The van der Waals surface area contributed by atoms with Crippen molar-refractivity contribution in [3.05, 3.63) is 23.8 Å². The molecule has 0 heterocycles. The average Bonchev–Trinajstić information content (AvgIpc) is 2.31. The van der Waals surface area contributed by atoms with Gasteiger partial charge in [-0.25, -0.2) is 21.9 Å². The number of nitrogens with two attached hydrogens (primary N) is 1. The van der Waals surface area contributed by atoms with Crippen molar-refractivity contribution in [3.8, 4) is 12.3 Å². The van der Waals surface area contributed by atoms with Gasteiger partial charge >= 0.3 is 0 Å². The van der Waals surface area contributed by atoms with Gasteiger partial charge < -0.3 is 5.73 Å². The van der Waals surface area contributed by atoms with Crippen LogP contribution in [0.4, 0.5) is 14.5 Å². The molecule has 98 valence electrons. The molecule has 4 nitrogen and oxygen atoms in total. The Labute approximate surface area is 104 Å². The summed E-state index contributed by atoms with van der Waals surface area (Å²) in [4.78, 5) is -0.679. The lowest BCUT2D eigenvalue weighted by Gasteiger charge is -2.08. The van der Waals surface area contributed by atoms with Gasteiger partial charge in [-0.05, 0) is 18.6 Å². The zero-order valence-electron chi connectivity index (χ0n) is 9.41. The summed E-state index contributed by atoms with van der Waals surface area (Å²) in [6.45, 7) is 0.0727. The van der Waals surface area contributed by atoms with Crippen molar-refractivity contribution in [2.45, 2.75) is 17.7 Å². The summed E-state index contributed by atoms with van der Waals surface area (Å²) in [5.74, 6) is 0.0499. The number of terminal acetylenes is 1. The first-order chi connectivity index (χ1) is 8.40. The third kappa shape index (κ3) is 3.18. The number of halogens is 2. The second-order valence-electron chi connectivity index (χ2n) is 3.48. The lowest BCUT2D eigenvalue weighted by Crippen LogP contribution is -2.26. The first-order valence-electron chi connectivity index (χ1n) is 5.06. The van der Waals surface area contributed by atoms with Crippen LogP contribution in [0.3, 0.4) is 0 Å². The molecule has 0 aromatic heterocycles. The number of benzene rings is 1. The standard InChI is InChI=1S/C11H12F2N2O2S/c1-2-3-4-7-15-18(16,17)9-6-5-8(12)11(14)10(9)13/h1,5-6,15H,3-4,7,14H2. The smallest absolute Gasteiger partial charge is 0.243 e. The topological polar surface area (TPSA) is 72.2 Å². The Kier molecular flexibility index (Phi) is 4.64. The summed E-state index contributed by atoms with van der Waals surface area (Å²) >= 11 is 0. The van der Waals surface area contributed by atoms with Crippen molar-refractivity contribution in [3.63, 3.8) is 0 Å². The summed E-state index contributed by atoms with van der Waals surface area (Å²) < 4.78 is 52.0. The number of nitrogens with one attached hydrogen (secondary N) is 1. The van der Waals surface area contributed by atoms with Gasteiger partial charge in [-0.3, -0.25) is 0 Å². The van der Waals surface area contributed by atoms with Crippen molar-refractivity contribution in [2.24, 2.45) is 0 Å². The van der Waals surface area contributed by atoms with Crippen LogP contribution in [-0.4, -0.2) is 15.0 Å². The fourth-order valence-corrected chi connectivity index (χ4v) is 2.39. The molecule has 1 aromatic carbocycles. The Bertz CT molecular complexity index is 579. The molecule has 0 aliphatic carbocycles. The molecule has 18 heavy (non-hydrogen) atoms. The normalized spacial score (nSPS) is 11.2. The average molecular weight is 274 g/mol. The van der Waals surface area contributed by atoms with Gasteiger partial charge in [0.05, 0.1) is 0 Å². The van der Waals surface area contributed by atoms with E-state index in [-0.39, 0.29) is 6.54 Å². The monoisotopic (exact) mass is 274 g/mol. The number of unbranched alkanes of at least 4 members (excludes halogenated alkanes) is 1. The van der Waals surface area contributed by atoms with Gasteiger partial charge in [-0.2, -0.15) is 0 Å². The Hall–Kier alpha value is -1.65. The third-order valence-corrected chi connectivity index (χ3v) is 3.65. The van der Waals surface area contributed by atoms with Crippen LogP contribution >= 0.6 is 0 Å². The molecule has 0 saturated heterocycles. The minimum absolute atomic E-state index is 0.0727. The molecular weight excluding hydrogens is 262 g/mol. The summed E-state index contributed by atoms with van der Waals surface area (Å²) in [7, 11) is -4.05. The van der Waals surface area contributed by atoms with E-state index in [4.69, 9.17) is 12.2 Å².